The molecule has 7 heteroatoms. The SMILES string of the molecule is Oc1ccc(C=NNc2nnc(-c3ccccc3)c(-c3ccccc3)n2)c(O)c1. The molecule has 0 aliphatic carbocycles. The predicted molar refractivity (Wildman–Crippen MR) is 112 cm³/mol. The van der Waals surface area contributed by atoms with Gasteiger partial charge in [0.1, 0.15) is 22.9 Å². The van der Waals surface area contributed by atoms with Crippen molar-refractivity contribution in [3.8, 4) is 34.0 Å². The average molecular weight is 383 g/mol. The fourth-order valence-electron chi connectivity index (χ4n) is 2.76. The van der Waals surface area contributed by atoms with Gasteiger partial charge in [-0.25, -0.2) is 10.4 Å². The molecule has 3 aromatic carbocycles. The number of aromatic nitrogens is 3. The summed E-state index contributed by atoms with van der Waals surface area (Å²) >= 11 is 0. The number of rotatable bonds is 5. The third-order valence-corrected chi connectivity index (χ3v) is 4.16. The first-order valence-electron chi connectivity index (χ1n) is 8.87. The Hall–Kier alpha value is -4.26. The van der Waals surface area contributed by atoms with E-state index in [2.05, 4.69) is 25.7 Å². The van der Waals surface area contributed by atoms with Crippen molar-refractivity contribution in [2.45, 2.75) is 0 Å². The maximum atomic E-state index is 9.82. The third kappa shape index (κ3) is 4.19. The highest BCUT2D eigenvalue weighted by Gasteiger charge is 2.13. The molecule has 3 N–H and O–H groups in total. The molecule has 29 heavy (non-hydrogen) atoms. The van der Waals surface area contributed by atoms with Crippen LogP contribution in [0.3, 0.4) is 0 Å². The van der Waals surface area contributed by atoms with E-state index in [0.717, 1.165) is 11.1 Å². The highest BCUT2D eigenvalue weighted by molar-refractivity contribution is 5.84. The van der Waals surface area contributed by atoms with Gasteiger partial charge in [0.25, 0.3) is 5.95 Å². The monoisotopic (exact) mass is 383 g/mol. The summed E-state index contributed by atoms with van der Waals surface area (Å²) in [4.78, 5) is 4.59. The summed E-state index contributed by atoms with van der Waals surface area (Å²) in [6, 6.07) is 23.7. The molecule has 142 valence electrons. The number of phenolic OH excluding ortho intramolecular Hbond substituents is 2. The average Bonchev–Trinajstić information content (AvgIpc) is 2.76. The lowest BCUT2D eigenvalue weighted by molar-refractivity contribution is 0.450. The number of hydrogen-bond acceptors (Lipinski definition) is 7. The van der Waals surface area contributed by atoms with E-state index in [1.54, 1.807) is 6.07 Å². The molecule has 7 nitrogen and oxygen atoms in total. The van der Waals surface area contributed by atoms with Crippen molar-refractivity contribution in [2.24, 2.45) is 5.10 Å². The Morgan fingerprint density at radius 2 is 1.41 bits per heavy atom. The first-order valence-corrected chi connectivity index (χ1v) is 8.87. The number of nitrogens with one attached hydrogen (secondary N) is 1. The Morgan fingerprint density at radius 1 is 0.759 bits per heavy atom. The van der Waals surface area contributed by atoms with Crippen molar-refractivity contribution >= 4 is 12.2 Å². The van der Waals surface area contributed by atoms with Gasteiger partial charge in [0.15, 0.2) is 0 Å². The lowest BCUT2D eigenvalue weighted by atomic mass is 10.0. The van der Waals surface area contributed by atoms with E-state index in [9.17, 15) is 10.2 Å². The van der Waals surface area contributed by atoms with E-state index in [1.807, 2.05) is 60.7 Å². The first kappa shape index (κ1) is 18.1. The van der Waals surface area contributed by atoms with Crippen LogP contribution in [0.15, 0.2) is 84.0 Å². The largest absolute Gasteiger partial charge is 0.508 e. The Morgan fingerprint density at radius 3 is 2.07 bits per heavy atom. The quantitative estimate of drug-likeness (QED) is 0.355. The number of hydrazone groups is 1. The summed E-state index contributed by atoms with van der Waals surface area (Å²) < 4.78 is 0. The number of aromatic hydroxyl groups is 2. The fraction of sp³-hybridized carbons (Fsp3) is 0. The molecular formula is C22H17N5O2. The van der Waals surface area contributed by atoms with Crippen LogP contribution in [0.2, 0.25) is 0 Å². The van der Waals surface area contributed by atoms with Gasteiger partial charge in [0.2, 0.25) is 0 Å². The highest BCUT2D eigenvalue weighted by Crippen LogP contribution is 2.28. The topological polar surface area (TPSA) is 104 Å². The fourth-order valence-corrected chi connectivity index (χ4v) is 2.76. The molecule has 1 heterocycles. The molecule has 0 unspecified atom stereocenters. The number of anilines is 1. The van der Waals surface area contributed by atoms with E-state index < -0.39 is 0 Å². The number of phenols is 2. The molecule has 0 saturated carbocycles. The van der Waals surface area contributed by atoms with Crippen LogP contribution in [0, 0.1) is 0 Å². The maximum Gasteiger partial charge on any atom is 0.263 e. The molecule has 0 bridgehead atoms. The van der Waals surface area contributed by atoms with Gasteiger partial charge in [0, 0.05) is 22.8 Å². The van der Waals surface area contributed by atoms with E-state index in [0.29, 0.717) is 17.0 Å². The third-order valence-electron chi connectivity index (χ3n) is 4.16. The Kier molecular flexibility index (Phi) is 5.11. The van der Waals surface area contributed by atoms with Crippen LogP contribution in [0.5, 0.6) is 11.5 Å². The predicted octanol–water partition coefficient (Wildman–Crippen LogP) is 4.06. The Balaban J connectivity index is 1.66. The van der Waals surface area contributed by atoms with Crippen LogP contribution in [-0.4, -0.2) is 31.6 Å². The van der Waals surface area contributed by atoms with Crippen molar-refractivity contribution in [2.75, 3.05) is 5.43 Å². The minimum Gasteiger partial charge on any atom is -0.508 e. The smallest absolute Gasteiger partial charge is 0.263 e. The lowest BCUT2D eigenvalue weighted by Crippen LogP contribution is -2.03. The molecule has 0 aliphatic rings. The van der Waals surface area contributed by atoms with Gasteiger partial charge in [-0.15, -0.1) is 10.2 Å². The van der Waals surface area contributed by atoms with Gasteiger partial charge in [-0.1, -0.05) is 60.7 Å². The molecule has 0 fully saturated rings. The Labute approximate surface area is 167 Å². The van der Waals surface area contributed by atoms with Crippen molar-refractivity contribution in [3.63, 3.8) is 0 Å². The van der Waals surface area contributed by atoms with Gasteiger partial charge in [-0.2, -0.15) is 5.10 Å². The zero-order chi connectivity index (χ0) is 20.1. The molecule has 0 aliphatic heterocycles. The first-order chi connectivity index (χ1) is 14.2. The lowest BCUT2D eigenvalue weighted by Gasteiger charge is -2.09. The van der Waals surface area contributed by atoms with Gasteiger partial charge in [-0.05, 0) is 12.1 Å². The van der Waals surface area contributed by atoms with E-state index in [1.165, 1.54) is 18.3 Å². The van der Waals surface area contributed by atoms with Gasteiger partial charge in [-0.3, -0.25) is 0 Å². The van der Waals surface area contributed by atoms with E-state index >= 15 is 0 Å². The van der Waals surface area contributed by atoms with Crippen LogP contribution in [0.25, 0.3) is 22.5 Å². The van der Waals surface area contributed by atoms with Crippen molar-refractivity contribution < 1.29 is 10.2 Å². The van der Waals surface area contributed by atoms with Gasteiger partial charge >= 0.3 is 0 Å². The second-order valence-corrected chi connectivity index (χ2v) is 6.18. The molecule has 0 radical (unpaired) electrons. The van der Waals surface area contributed by atoms with Crippen LogP contribution in [-0.2, 0) is 0 Å². The number of hydrogen-bond donors (Lipinski definition) is 3. The summed E-state index contributed by atoms with van der Waals surface area (Å²) in [6.07, 6.45) is 1.41. The van der Waals surface area contributed by atoms with E-state index in [4.69, 9.17) is 0 Å². The summed E-state index contributed by atoms with van der Waals surface area (Å²) in [5, 5.41) is 31.7. The summed E-state index contributed by atoms with van der Waals surface area (Å²) in [6.45, 7) is 0. The Bertz CT molecular complexity index is 1150. The second-order valence-electron chi connectivity index (χ2n) is 6.18. The molecule has 4 rings (SSSR count). The van der Waals surface area contributed by atoms with Crippen LogP contribution in [0.1, 0.15) is 5.56 Å². The summed E-state index contributed by atoms with van der Waals surface area (Å²) in [5.41, 5.74) is 6.34. The van der Waals surface area contributed by atoms with Crippen molar-refractivity contribution in [3.05, 3.63) is 84.4 Å². The van der Waals surface area contributed by atoms with Gasteiger partial charge < -0.3 is 10.2 Å². The molecule has 0 saturated heterocycles. The molecular weight excluding hydrogens is 366 g/mol. The minimum absolute atomic E-state index is 0.0239. The van der Waals surface area contributed by atoms with Crippen LogP contribution < -0.4 is 5.43 Å². The highest BCUT2D eigenvalue weighted by atomic mass is 16.3. The molecule has 0 amide bonds. The van der Waals surface area contributed by atoms with Crippen LogP contribution in [0.4, 0.5) is 5.95 Å². The number of benzene rings is 3. The molecule has 1 aromatic heterocycles. The van der Waals surface area contributed by atoms with Crippen molar-refractivity contribution in [1.82, 2.24) is 15.2 Å². The second kappa shape index (κ2) is 8.18. The standard InChI is InChI=1S/C22H17N5O2/c28-18-12-11-17(19(29)13-18)14-23-26-22-24-20(15-7-3-1-4-8-15)21(25-27-22)16-9-5-2-6-10-16/h1-14,28-29H,(H,24,26,27). The zero-order valence-corrected chi connectivity index (χ0v) is 15.3. The summed E-state index contributed by atoms with van der Waals surface area (Å²) in [7, 11) is 0. The zero-order valence-electron chi connectivity index (χ0n) is 15.3. The van der Waals surface area contributed by atoms with Gasteiger partial charge in [0.05, 0.1) is 6.21 Å². The minimum atomic E-state index is -0.0843. The molecule has 0 atom stereocenters. The van der Waals surface area contributed by atoms with E-state index in [-0.39, 0.29) is 17.4 Å². The number of nitrogens with zero attached hydrogens (tertiary/aromatic N) is 4. The molecule has 4 aromatic rings. The maximum absolute atomic E-state index is 9.82. The van der Waals surface area contributed by atoms with Crippen molar-refractivity contribution in [1.29, 1.82) is 0 Å². The van der Waals surface area contributed by atoms with Crippen LogP contribution >= 0.6 is 0 Å². The normalized spacial score (nSPS) is 10.9. The summed E-state index contributed by atoms with van der Waals surface area (Å²) in [5.74, 6) is 0.112. The molecule has 0 spiro atoms.